The first-order chi connectivity index (χ1) is 14.2. The second-order valence-electron chi connectivity index (χ2n) is 7.62. The Morgan fingerprint density at radius 1 is 0.967 bits per heavy atom. The van der Waals surface area contributed by atoms with Gasteiger partial charge in [0.1, 0.15) is 5.82 Å². The van der Waals surface area contributed by atoms with Crippen molar-refractivity contribution in [1.82, 2.24) is 4.72 Å². The summed E-state index contributed by atoms with van der Waals surface area (Å²) >= 11 is 0. The molecule has 0 radical (unpaired) electrons. The first-order valence-electron chi connectivity index (χ1n) is 9.47. The molecule has 2 atom stereocenters. The van der Waals surface area contributed by atoms with Gasteiger partial charge in [-0.3, -0.25) is 4.79 Å². The summed E-state index contributed by atoms with van der Waals surface area (Å²) in [6.07, 6.45) is 0. The number of carbonyl (C=O) groups excluding carboxylic acids is 1. The molecule has 5 nitrogen and oxygen atoms in total. The molecule has 1 aliphatic rings. The number of aryl methyl sites for hydroxylation is 1. The molecule has 0 unspecified atom stereocenters. The van der Waals surface area contributed by atoms with Crippen LogP contribution in [0.3, 0.4) is 0 Å². The Morgan fingerprint density at radius 2 is 1.60 bits per heavy atom. The molecular weight excluding hydrogens is 403 g/mol. The van der Waals surface area contributed by atoms with Crippen LogP contribution in [0.25, 0.3) is 0 Å². The number of anilines is 1. The van der Waals surface area contributed by atoms with Crippen molar-refractivity contribution in [2.24, 2.45) is 0 Å². The highest BCUT2D eigenvalue weighted by molar-refractivity contribution is 7.89. The maximum absolute atomic E-state index is 13.6. The fourth-order valence-corrected chi connectivity index (χ4v) is 5.13. The fraction of sp³-hybridized carbons (Fsp3) is 0.174. The lowest BCUT2D eigenvalue weighted by atomic mass is 9.74. The number of para-hydroxylation sites is 1. The van der Waals surface area contributed by atoms with Crippen LogP contribution in [0.5, 0.6) is 0 Å². The molecule has 0 bridgehead atoms. The Hall–Kier alpha value is -3.03. The zero-order valence-electron chi connectivity index (χ0n) is 16.5. The standard InChI is InChI=1S/C23H21FN2O3S/c1-15-7-13-18(14-8-15)30(28,29)26-21(16-9-11-17(24)12-10-16)23(2)19-5-3-4-6-20(19)25-22(23)27/h3-14,21,26H,1-2H3,(H,25,27)/t21-,23-/m1/s1. The summed E-state index contributed by atoms with van der Waals surface area (Å²) < 4.78 is 42.7. The average Bonchev–Trinajstić information content (AvgIpc) is 2.98. The van der Waals surface area contributed by atoms with Gasteiger partial charge in [0.25, 0.3) is 0 Å². The summed E-state index contributed by atoms with van der Waals surface area (Å²) in [4.78, 5) is 13.2. The molecule has 1 amide bonds. The number of rotatable bonds is 5. The Bertz CT molecular complexity index is 1210. The average molecular weight is 424 g/mol. The molecular formula is C23H21FN2O3S. The number of halogens is 1. The number of hydrogen-bond acceptors (Lipinski definition) is 3. The van der Waals surface area contributed by atoms with Gasteiger partial charge < -0.3 is 5.32 Å². The smallest absolute Gasteiger partial charge is 0.241 e. The van der Waals surface area contributed by atoms with E-state index in [1.54, 1.807) is 43.3 Å². The molecule has 1 aliphatic heterocycles. The van der Waals surface area contributed by atoms with E-state index in [2.05, 4.69) is 10.0 Å². The minimum Gasteiger partial charge on any atom is -0.325 e. The van der Waals surface area contributed by atoms with E-state index in [0.29, 0.717) is 16.8 Å². The Labute approximate surface area is 175 Å². The van der Waals surface area contributed by atoms with Crippen molar-refractivity contribution in [1.29, 1.82) is 0 Å². The zero-order chi connectivity index (χ0) is 21.5. The van der Waals surface area contributed by atoms with E-state index in [4.69, 9.17) is 0 Å². The van der Waals surface area contributed by atoms with Crippen molar-refractivity contribution in [3.8, 4) is 0 Å². The molecule has 2 N–H and O–H groups in total. The second-order valence-corrected chi connectivity index (χ2v) is 9.33. The van der Waals surface area contributed by atoms with E-state index in [0.717, 1.165) is 5.56 Å². The molecule has 0 aliphatic carbocycles. The van der Waals surface area contributed by atoms with Crippen LogP contribution in [-0.4, -0.2) is 14.3 Å². The molecule has 3 aromatic carbocycles. The molecule has 4 rings (SSSR count). The Morgan fingerprint density at radius 3 is 2.27 bits per heavy atom. The SMILES string of the molecule is Cc1ccc(S(=O)(=O)N[C@H](c2ccc(F)cc2)[C@]2(C)C(=O)Nc3ccccc32)cc1. The molecule has 0 saturated carbocycles. The van der Waals surface area contributed by atoms with Crippen LogP contribution in [0.4, 0.5) is 10.1 Å². The lowest BCUT2D eigenvalue weighted by Gasteiger charge is -2.33. The molecule has 0 saturated heterocycles. The van der Waals surface area contributed by atoms with Crippen molar-refractivity contribution in [3.63, 3.8) is 0 Å². The van der Waals surface area contributed by atoms with Crippen LogP contribution in [0.2, 0.25) is 0 Å². The molecule has 0 aromatic heterocycles. The van der Waals surface area contributed by atoms with Crippen molar-refractivity contribution >= 4 is 21.6 Å². The van der Waals surface area contributed by atoms with Crippen LogP contribution in [0.1, 0.15) is 29.7 Å². The van der Waals surface area contributed by atoms with Gasteiger partial charge in [-0.25, -0.2) is 17.5 Å². The fourth-order valence-electron chi connectivity index (χ4n) is 3.82. The quantitative estimate of drug-likeness (QED) is 0.649. The van der Waals surface area contributed by atoms with E-state index in [1.165, 1.54) is 36.4 Å². The number of hydrogen-bond donors (Lipinski definition) is 2. The van der Waals surface area contributed by atoms with Crippen LogP contribution >= 0.6 is 0 Å². The van der Waals surface area contributed by atoms with Gasteiger partial charge in [-0.2, -0.15) is 0 Å². The third kappa shape index (κ3) is 3.40. The number of sulfonamides is 1. The highest BCUT2D eigenvalue weighted by Gasteiger charge is 2.50. The number of carbonyl (C=O) groups is 1. The van der Waals surface area contributed by atoms with Crippen LogP contribution in [0, 0.1) is 12.7 Å². The molecule has 154 valence electrons. The van der Waals surface area contributed by atoms with Gasteiger partial charge in [0.05, 0.1) is 16.4 Å². The Balaban J connectivity index is 1.85. The summed E-state index contributed by atoms with van der Waals surface area (Å²) in [5.74, 6) is -0.773. The molecule has 0 spiro atoms. The monoisotopic (exact) mass is 424 g/mol. The number of benzene rings is 3. The predicted molar refractivity (Wildman–Crippen MR) is 113 cm³/mol. The molecule has 0 fully saturated rings. The van der Waals surface area contributed by atoms with Crippen LogP contribution in [-0.2, 0) is 20.2 Å². The maximum atomic E-state index is 13.6. The lowest BCUT2D eigenvalue weighted by Crippen LogP contribution is -2.46. The van der Waals surface area contributed by atoms with Crippen molar-refractivity contribution in [2.75, 3.05) is 5.32 Å². The first kappa shape index (κ1) is 20.3. The third-order valence-corrected chi connectivity index (χ3v) is 7.03. The molecule has 1 heterocycles. The largest absolute Gasteiger partial charge is 0.325 e. The van der Waals surface area contributed by atoms with Gasteiger partial charge in [0.2, 0.25) is 15.9 Å². The normalized spacial score (nSPS) is 19.2. The highest BCUT2D eigenvalue weighted by atomic mass is 32.2. The first-order valence-corrected chi connectivity index (χ1v) is 11.0. The number of amides is 1. The summed E-state index contributed by atoms with van der Waals surface area (Å²) in [7, 11) is -3.96. The van der Waals surface area contributed by atoms with Crippen molar-refractivity contribution in [3.05, 3.63) is 95.3 Å². The van der Waals surface area contributed by atoms with Crippen molar-refractivity contribution in [2.45, 2.75) is 30.2 Å². The number of nitrogens with one attached hydrogen (secondary N) is 2. The van der Waals surface area contributed by atoms with Gasteiger partial charge in [-0.05, 0) is 55.3 Å². The summed E-state index contributed by atoms with van der Waals surface area (Å²) in [5.41, 5.74) is 1.50. The van der Waals surface area contributed by atoms with Crippen LogP contribution in [0.15, 0.2) is 77.7 Å². The highest BCUT2D eigenvalue weighted by Crippen LogP contribution is 2.46. The lowest BCUT2D eigenvalue weighted by molar-refractivity contribution is -0.121. The summed E-state index contributed by atoms with van der Waals surface area (Å²) in [6.45, 7) is 3.56. The topological polar surface area (TPSA) is 75.3 Å². The maximum Gasteiger partial charge on any atom is 0.241 e. The van der Waals surface area contributed by atoms with Gasteiger partial charge in [-0.15, -0.1) is 0 Å². The summed E-state index contributed by atoms with van der Waals surface area (Å²) in [6, 6.07) is 18.2. The summed E-state index contributed by atoms with van der Waals surface area (Å²) in [5, 5.41) is 2.83. The minimum atomic E-state index is -3.96. The van der Waals surface area contributed by atoms with Crippen LogP contribution < -0.4 is 10.0 Å². The van der Waals surface area contributed by atoms with E-state index < -0.39 is 27.3 Å². The number of fused-ring (bicyclic) bond motifs is 1. The molecule has 30 heavy (non-hydrogen) atoms. The van der Waals surface area contributed by atoms with E-state index in [1.807, 2.05) is 6.92 Å². The van der Waals surface area contributed by atoms with E-state index >= 15 is 0 Å². The van der Waals surface area contributed by atoms with Gasteiger partial charge in [0.15, 0.2) is 0 Å². The zero-order valence-corrected chi connectivity index (χ0v) is 17.3. The van der Waals surface area contributed by atoms with Gasteiger partial charge in [-0.1, -0.05) is 48.0 Å². The molecule has 7 heteroatoms. The van der Waals surface area contributed by atoms with Crippen molar-refractivity contribution < 1.29 is 17.6 Å². The van der Waals surface area contributed by atoms with E-state index in [9.17, 15) is 17.6 Å². The van der Waals surface area contributed by atoms with Gasteiger partial charge >= 0.3 is 0 Å². The van der Waals surface area contributed by atoms with E-state index in [-0.39, 0.29) is 10.8 Å². The Kier molecular flexibility index (Phi) is 4.95. The minimum absolute atomic E-state index is 0.0931. The third-order valence-electron chi connectivity index (χ3n) is 5.59. The predicted octanol–water partition coefficient (Wildman–Crippen LogP) is 4.06. The van der Waals surface area contributed by atoms with Gasteiger partial charge in [0, 0.05) is 5.69 Å². The molecule has 3 aromatic rings. The second kappa shape index (κ2) is 7.34.